The molecular weight excluding hydrogens is 396 g/mol. The summed E-state index contributed by atoms with van der Waals surface area (Å²) in [5.41, 5.74) is 3.77. The number of nitrogens with one attached hydrogen (secondary N) is 1. The van der Waals surface area contributed by atoms with Crippen molar-refractivity contribution in [2.45, 2.75) is 69.0 Å². The first-order chi connectivity index (χ1) is 15.5. The third-order valence-electron chi connectivity index (χ3n) is 9.57. The smallest absolute Gasteiger partial charge is 0.223 e. The maximum Gasteiger partial charge on any atom is 0.223 e. The molecular formula is C28H30N2O2. The monoisotopic (exact) mass is 426 g/mol. The fraction of sp³-hybridized carbons (Fsp3) is 0.500. The Bertz CT molecular complexity index is 1210. The van der Waals surface area contributed by atoms with Gasteiger partial charge in [-0.3, -0.25) is 9.78 Å². The van der Waals surface area contributed by atoms with Gasteiger partial charge in [0.05, 0.1) is 17.6 Å². The topological polar surface area (TPSA) is 51.2 Å². The maximum absolute atomic E-state index is 12.5. The van der Waals surface area contributed by atoms with Gasteiger partial charge in [-0.05, 0) is 90.0 Å². The normalized spacial score (nSPS) is 40.0. The molecule has 5 atom stereocenters. The molecule has 1 aromatic carbocycles. The summed E-state index contributed by atoms with van der Waals surface area (Å²) in [4.78, 5) is 16.8. The summed E-state index contributed by atoms with van der Waals surface area (Å²) >= 11 is 0. The van der Waals surface area contributed by atoms with E-state index in [0.29, 0.717) is 18.3 Å². The summed E-state index contributed by atoms with van der Waals surface area (Å²) in [7, 11) is 0. The first kappa shape index (κ1) is 19.0. The summed E-state index contributed by atoms with van der Waals surface area (Å²) in [5.74, 6) is 1.16. The Kier molecular flexibility index (Phi) is 3.76. The molecule has 1 saturated carbocycles. The molecule has 4 nitrogen and oxygen atoms in total. The highest BCUT2D eigenvalue weighted by molar-refractivity contribution is 5.82. The molecule has 4 heterocycles. The van der Waals surface area contributed by atoms with Gasteiger partial charge in [0.25, 0.3) is 0 Å². The molecule has 32 heavy (non-hydrogen) atoms. The van der Waals surface area contributed by atoms with Gasteiger partial charge in [-0.15, -0.1) is 0 Å². The van der Waals surface area contributed by atoms with Crippen LogP contribution in [0, 0.1) is 11.3 Å². The molecule has 2 unspecified atom stereocenters. The van der Waals surface area contributed by atoms with Gasteiger partial charge < -0.3 is 10.1 Å². The van der Waals surface area contributed by atoms with Crippen molar-refractivity contribution >= 4 is 16.7 Å². The molecule has 2 aromatic rings. The van der Waals surface area contributed by atoms with E-state index in [1.165, 1.54) is 40.3 Å². The summed E-state index contributed by atoms with van der Waals surface area (Å²) in [6, 6.07) is 9.05. The van der Waals surface area contributed by atoms with Crippen LogP contribution in [0.25, 0.3) is 10.8 Å². The predicted molar refractivity (Wildman–Crippen MR) is 124 cm³/mol. The Labute approximate surface area is 189 Å². The molecule has 164 valence electrons. The molecule has 1 amide bonds. The Balaban J connectivity index is 1.31. The molecule has 4 heteroatoms. The van der Waals surface area contributed by atoms with Crippen LogP contribution in [-0.4, -0.2) is 28.6 Å². The first-order valence-corrected chi connectivity index (χ1v) is 12.2. The molecule has 2 aliphatic carbocycles. The Morgan fingerprint density at radius 2 is 2.09 bits per heavy atom. The number of benzene rings is 1. The number of rotatable bonds is 1. The lowest BCUT2D eigenvalue weighted by Gasteiger charge is -2.53. The van der Waals surface area contributed by atoms with Gasteiger partial charge in [-0.25, -0.2) is 0 Å². The van der Waals surface area contributed by atoms with Crippen LogP contribution < -0.4 is 5.32 Å². The summed E-state index contributed by atoms with van der Waals surface area (Å²) < 4.78 is 7.16. The lowest BCUT2D eigenvalue weighted by Crippen LogP contribution is -2.53. The van der Waals surface area contributed by atoms with Gasteiger partial charge in [-0.2, -0.15) is 0 Å². The molecule has 2 bridgehead atoms. The van der Waals surface area contributed by atoms with Crippen LogP contribution in [0.1, 0.15) is 63.4 Å². The van der Waals surface area contributed by atoms with E-state index in [9.17, 15) is 4.79 Å². The summed E-state index contributed by atoms with van der Waals surface area (Å²) in [6.45, 7) is 3.23. The van der Waals surface area contributed by atoms with Crippen molar-refractivity contribution in [3.63, 3.8) is 0 Å². The average molecular weight is 427 g/mol. The molecule has 2 saturated heterocycles. The van der Waals surface area contributed by atoms with Crippen LogP contribution in [0.2, 0.25) is 0 Å². The van der Waals surface area contributed by atoms with Gasteiger partial charge in [0.15, 0.2) is 0 Å². The van der Waals surface area contributed by atoms with Crippen LogP contribution in [0.5, 0.6) is 0 Å². The van der Waals surface area contributed by atoms with E-state index < -0.39 is 0 Å². The fourth-order valence-corrected chi connectivity index (χ4v) is 8.07. The highest BCUT2D eigenvalue weighted by atomic mass is 16.5. The number of fused-ring (bicyclic) bond motifs is 2. The molecule has 1 N–H and O–H groups in total. The van der Waals surface area contributed by atoms with Gasteiger partial charge in [0, 0.05) is 24.3 Å². The highest BCUT2D eigenvalue weighted by Gasteiger charge is 2.66. The largest absolute Gasteiger partial charge is 0.359 e. The zero-order valence-corrected chi connectivity index (χ0v) is 18.7. The number of carbonyl (C=O) groups excluding carboxylic acids is 1. The predicted octanol–water partition coefficient (Wildman–Crippen LogP) is 5.20. The number of aromatic nitrogens is 1. The second-order valence-electron chi connectivity index (χ2n) is 11.0. The van der Waals surface area contributed by atoms with Crippen molar-refractivity contribution in [3.05, 3.63) is 65.5 Å². The molecule has 7 rings (SSSR count). The number of ether oxygens (including phenoxy) is 1. The molecule has 3 aliphatic heterocycles. The zero-order valence-electron chi connectivity index (χ0n) is 18.7. The van der Waals surface area contributed by atoms with Crippen molar-refractivity contribution in [2.75, 3.05) is 6.54 Å². The summed E-state index contributed by atoms with van der Waals surface area (Å²) in [6.07, 6.45) is 15.7. The second kappa shape index (κ2) is 6.32. The van der Waals surface area contributed by atoms with Crippen molar-refractivity contribution in [2.24, 2.45) is 11.3 Å². The average Bonchev–Trinajstić information content (AvgIpc) is 3.25. The van der Waals surface area contributed by atoms with E-state index in [1.807, 2.05) is 12.4 Å². The lowest BCUT2D eigenvalue weighted by atomic mass is 9.58. The van der Waals surface area contributed by atoms with Crippen LogP contribution in [-0.2, 0) is 9.53 Å². The Hall–Kier alpha value is -2.46. The minimum Gasteiger partial charge on any atom is -0.359 e. The van der Waals surface area contributed by atoms with Crippen molar-refractivity contribution in [1.82, 2.24) is 10.3 Å². The number of amides is 1. The van der Waals surface area contributed by atoms with E-state index in [0.717, 1.165) is 32.2 Å². The van der Waals surface area contributed by atoms with Gasteiger partial charge in [-0.1, -0.05) is 31.2 Å². The van der Waals surface area contributed by atoms with E-state index in [2.05, 4.69) is 53.6 Å². The van der Waals surface area contributed by atoms with E-state index in [4.69, 9.17) is 4.74 Å². The molecule has 2 spiro atoms. The molecule has 0 radical (unpaired) electrons. The fourth-order valence-electron chi connectivity index (χ4n) is 8.07. The number of nitrogens with zero attached hydrogens (tertiary/aromatic N) is 1. The third kappa shape index (κ3) is 2.37. The van der Waals surface area contributed by atoms with Crippen LogP contribution in [0.3, 0.4) is 0 Å². The molecule has 3 fully saturated rings. The quantitative estimate of drug-likeness (QED) is 0.682. The molecule has 1 aromatic heterocycles. The van der Waals surface area contributed by atoms with Crippen molar-refractivity contribution in [1.29, 1.82) is 0 Å². The van der Waals surface area contributed by atoms with Gasteiger partial charge >= 0.3 is 0 Å². The number of pyridine rings is 1. The standard InChI is InChI=1S/C28H30N2O2/c1-26-9-6-22-15-21-8-13-30-25(31)16-27(21)10-11-28(22,32-27)24(26)5-4-23(26)19-3-2-18-7-12-29-17-20(18)14-19/h2-3,6-7,12,14-15,17,23-24H,4-5,8-11,13,16H2,1H3,(H,30,31)/t23?,24-,26?,27-,28-/m1/s1. The highest BCUT2D eigenvalue weighted by Crippen LogP contribution is 2.68. The summed E-state index contributed by atoms with van der Waals surface area (Å²) in [5, 5.41) is 5.55. The maximum atomic E-state index is 12.5. The first-order valence-electron chi connectivity index (χ1n) is 12.2. The van der Waals surface area contributed by atoms with Gasteiger partial charge in [0.1, 0.15) is 0 Å². The second-order valence-corrected chi connectivity index (χ2v) is 11.0. The SMILES string of the molecule is CC12CC=C3C=C4CCNC(=O)C[C@]45CC[C@]3(O5)[C@@H]1CCC2c1ccc2ccncc2c1. The van der Waals surface area contributed by atoms with Crippen LogP contribution >= 0.6 is 0 Å². The Morgan fingerprint density at radius 1 is 1.16 bits per heavy atom. The minimum absolute atomic E-state index is 0.144. The van der Waals surface area contributed by atoms with Crippen molar-refractivity contribution < 1.29 is 9.53 Å². The number of hydrogen-bond acceptors (Lipinski definition) is 3. The third-order valence-corrected chi connectivity index (χ3v) is 9.57. The van der Waals surface area contributed by atoms with Crippen LogP contribution in [0.15, 0.2) is 60.0 Å². The van der Waals surface area contributed by atoms with E-state index >= 15 is 0 Å². The Morgan fingerprint density at radius 3 is 3.03 bits per heavy atom. The van der Waals surface area contributed by atoms with E-state index in [-0.39, 0.29) is 22.5 Å². The van der Waals surface area contributed by atoms with E-state index in [1.54, 1.807) is 0 Å². The zero-order chi connectivity index (χ0) is 21.6. The van der Waals surface area contributed by atoms with Gasteiger partial charge in [0.2, 0.25) is 5.91 Å². The van der Waals surface area contributed by atoms with Crippen LogP contribution in [0.4, 0.5) is 0 Å². The molecule has 5 aliphatic rings. The minimum atomic E-state index is -0.372. The number of allylic oxidation sites excluding steroid dienone is 1. The lowest BCUT2D eigenvalue weighted by molar-refractivity contribution is -0.141. The number of carbonyl (C=O) groups is 1. The van der Waals surface area contributed by atoms with Crippen molar-refractivity contribution in [3.8, 4) is 0 Å². The number of hydrogen-bond donors (Lipinski definition) is 1.